The summed E-state index contributed by atoms with van der Waals surface area (Å²) in [5, 5.41) is 5.44. The van der Waals surface area contributed by atoms with E-state index in [9.17, 15) is 0 Å². The van der Waals surface area contributed by atoms with Crippen LogP contribution in [-0.2, 0) is 11.3 Å². The molecule has 0 amide bonds. The van der Waals surface area contributed by atoms with Crippen LogP contribution < -0.4 is 5.32 Å². The molecule has 0 radical (unpaired) electrons. The standard InChI is InChI=1S/C11H17N3OS/c1-8(9(2)15-3)12-6-10-7-14-4-5-16-11(14)13-10/h4-5,7-9,12H,6H2,1-3H3. The van der Waals surface area contributed by atoms with Crippen molar-refractivity contribution in [3.63, 3.8) is 0 Å². The zero-order valence-electron chi connectivity index (χ0n) is 9.80. The molecule has 0 aliphatic carbocycles. The largest absolute Gasteiger partial charge is 0.380 e. The first-order valence-corrected chi connectivity index (χ1v) is 6.26. The van der Waals surface area contributed by atoms with Gasteiger partial charge < -0.3 is 10.1 Å². The molecule has 2 aromatic heterocycles. The monoisotopic (exact) mass is 239 g/mol. The summed E-state index contributed by atoms with van der Waals surface area (Å²) in [6.07, 6.45) is 4.30. The van der Waals surface area contributed by atoms with Gasteiger partial charge in [-0.1, -0.05) is 0 Å². The number of hydrogen-bond donors (Lipinski definition) is 1. The Morgan fingerprint density at radius 3 is 3.06 bits per heavy atom. The smallest absolute Gasteiger partial charge is 0.193 e. The van der Waals surface area contributed by atoms with Crippen molar-refractivity contribution in [3.05, 3.63) is 23.5 Å². The number of imidazole rings is 1. The molecule has 0 saturated carbocycles. The predicted molar refractivity (Wildman–Crippen MR) is 65.8 cm³/mol. The topological polar surface area (TPSA) is 38.6 Å². The van der Waals surface area contributed by atoms with Gasteiger partial charge in [-0.05, 0) is 13.8 Å². The van der Waals surface area contributed by atoms with E-state index in [-0.39, 0.29) is 6.10 Å². The van der Waals surface area contributed by atoms with Crippen molar-refractivity contribution in [1.29, 1.82) is 0 Å². The van der Waals surface area contributed by atoms with Crippen molar-refractivity contribution >= 4 is 16.3 Å². The van der Waals surface area contributed by atoms with Crippen molar-refractivity contribution in [2.45, 2.75) is 32.5 Å². The van der Waals surface area contributed by atoms with Gasteiger partial charge in [0.1, 0.15) is 0 Å². The maximum Gasteiger partial charge on any atom is 0.193 e. The molecule has 0 spiro atoms. The second kappa shape index (κ2) is 4.95. The van der Waals surface area contributed by atoms with E-state index in [0.717, 1.165) is 17.2 Å². The molecule has 5 heteroatoms. The molecule has 0 aliphatic heterocycles. The molecule has 2 atom stereocenters. The van der Waals surface area contributed by atoms with Gasteiger partial charge in [-0.2, -0.15) is 0 Å². The summed E-state index contributed by atoms with van der Waals surface area (Å²) in [7, 11) is 1.73. The zero-order chi connectivity index (χ0) is 11.5. The van der Waals surface area contributed by atoms with Crippen LogP contribution in [0.2, 0.25) is 0 Å². The van der Waals surface area contributed by atoms with Gasteiger partial charge in [-0.3, -0.25) is 4.40 Å². The minimum atomic E-state index is 0.212. The summed E-state index contributed by atoms with van der Waals surface area (Å²) in [6.45, 7) is 4.96. The molecule has 16 heavy (non-hydrogen) atoms. The van der Waals surface area contributed by atoms with Crippen LogP contribution in [0.5, 0.6) is 0 Å². The number of fused-ring (bicyclic) bond motifs is 1. The van der Waals surface area contributed by atoms with E-state index >= 15 is 0 Å². The number of nitrogens with one attached hydrogen (secondary N) is 1. The van der Waals surface area contributed by atoms with Crippen LogP contribution >= 0.6 is 11.3 Å². The third-order valence-corrected chi connectivity index (χ3v) is 3.59. The molecule has 0 aliphatic rings. The molecule has 0 fully saturated rings. The first-order valence-electron chi connectivity index (χ1n) is 5.38. The highest BCUT2D eigenvalue weighted by Gasteiger charge is 2.11. The highest BCUT2D eigenvalue weighted by atomic mass is 32.1. The fourth-order valence-corrected chi connectivity index (χ4v) is 2.22. The maximum atomic E-state index is 5.26. The predicted octanol–water partition coefficient (Wildman–Crippen LogP) is 1.91. The second-order valence-electron chi connectivity index (χ2n) is 3.94. The van der Waals surface area contributed by atoms with E-state index in [1.54, 1.807) is 18.4 Å². The van der Waals surface area contributed by atoms with Gasteiger partial charge in [0, 0.05) is 37.5 Å². The lowest BCUT2D eigenvalue weighted by Crippen LogP contribution is -2.36. The third-order valence-electron chi connectivity index (χ3n) is 2.82. The molecule has 88 valence electrons. The van der Waals surface area contributed by atoms with E-state index < -0.39 is 0 Å². The van der Waals surface area contributed by atoms with Crippen molar-refractivity contribution in [1.82, 2.24) is 14.7 Å². The van der Waals surface area contributed by atoms with E-state index in [1.807, 2.05) is 16.0 Å². The summed E-state index contributed by atoms with van der Waals surface area (Å²) < 4.78 is 7.31. The lowest BCUT2D eigenvalue weighted by molar-refractivity contribution is 0.0881. The summed E-state index contributed by atoms with van der Waals surface area (Å²) in [4.78, 5) is 5.55. The highest BCUT2D eigenvalue weighted by Crippen LogP contribution is 2.11. The second-order valence-corrected chi connectivity index (χ2v) is 4.81. The Morgan fingerprint density at radius 2 is 2.38 bits per heavy atom. The van der Waals surface area contributed by atoms with E-state index in [2.05, 4.69) is 30.3 Å². The Kier molecular flexibility index (Phi) is 3.58. The van der Waals surface area contributed by atoms with E-state index in [1.165, 1.54) is 0 Å². The number of rotatable bonds is 5. The molecular weight excluding hydrogens is 222 g/mol. The summed E-state index contributed by atoms with van der Waals surface area (Å²) in [5.41, 5.74) is 1.07. The number of aromatic nitrogens is 2. The van der Waals surface area contributed by atoms with Crippen molar-refractivity contribution in [2.75, 3.05) is 7.11 Å². The van der Waals surface area contributed by atoms with Crippen molar-refractivity contribution in [2.24, 2.45) is 0 Å². The minimum Gasteiger partial charge on any atom is -0.380 e. The SMILES string of the molecule is COC(C)C(C)NCc1cn2ccsc2n1. The molecule has 2 unspecified atom stereocenters. The first-order chi connectivity index (χ1) is 7.70. The zero-order valence-corrected chi connectivity index (χ0v) is 10.6. The summed E-state index contributed by atoms with van der Waals surface area (Å²) in [6, 6.07) is 0.324. The van der Waals surface area contributed by atoms with Crippen LogP contribution in [0.15, 0.2) is 17.8 Å². The molecule has 0 aromatic carbocycles. The van der Waals surface area contributed by atoms with Crippen LogP contribution in [-0.4, -0.2) is 28.6 Å². The Labute approximate surface area is 99.3 Å². The molecular formula is C11H17N3OS. The normalized spacial score (nSPS) is 15.4. The van der Waals surface area contributed by atoms with Gasteiger partial charge in [0.2, 0.25) is 0 Å². The summed E-state index contributed by atoms with van der Waals surface area (Å²) >= 11 is 1.65. The van der Waals surface area contributed by atoms with Gasteiger partial charge in [-0.15, -0.1) is 11.3 Å². The quantitative estimate of drug-likeness (QED) is 0.866. The summed E-state index contributed by atoms with van der Waals surface area (Å²) in [5.74, 6) is 0. The minimum absolute atomic E-state index is 0.212. The van der Waals surface area contributed by atoms with Gasteiger partial charge in [0.25, 0.3) is 0 Å². The Balaban J connectivity index is 1.93. The number of ether oxygens (including phenoxy) is 1. The number of hydrogen-bond acceptors (Lipinski definition) is 4. The number of thiazole rings is 1. The molecule has 2 rings (SSSR count). The lowest BCUT2D eigenvalue weighted by atomic mass is 10.2. The molecule has 0 bridgehead atoms. The molecule has 2 heterocycles. The highest BCUT2D eigenvalue weighted by molar-refractivity contribution is 7.15. The fourth-order valence-electron chi connectivity index (χ4n) is 1.50. The van der Waals surface area contributed by atoms with Crippen LogP contribution in [0.1, 0.15) is 19.5 Å². The van der Waals surface area contributed by atoms with Gasteiger partial charge in [-0.25, -0.2) is 4.98 Å². The lowest BCUT2D eigenvalue weighted by Gasteiger charge is -2.19. The maximum absolute atomic E-state index is 5.26. The molecule has 1 N–H and O–H groups in total. The Hall–Kier alpha value is -0.910. The van der Waals surface area contributed by atoms with E-state index in [0.29, 0.717) is 6.04 Å². The van der Waals surface area contributed by atoms with Crippen LogP contribution in [0.4, 0.5) is 0 Å². The van der Waals surface area contributed by atoms with E-state index in [4.69, 9.17) is 4.74 Å². The average Bonchev–Trinajstić information content (AvgIpc) is 2.84. The van der Waals surface area contributed by atoms with Crippen LogP contribution in [0, 0.1) is 0 Å². The molecule has 2 aromatic rings. The van der Waals surface area contributed by atoms with Gasteiger partial charge in [0.15, 0.2) is 4.96 Å². The Morgan fingerprint density at radius 1 is 1.56 bits per heavy atom. The molecule has 4 nitrogen and oxygen atoms in total. The van der Waals surface area contributed by atoms with Crippen LogP contribution in [0.25, 0.3) is 4.96 Å². The van der Waals surface area contributed by atoms with Crippen molar-refractivity contribution < 1.29 is 4.74 Å². The fraction of sp³-hybridized carbons (Fsp3) is 0.545. The van der Waals surface area contributed by atoms with Crippen LogP contribution in [0.3, 0.4) is 0 Å². The Bertz CT molecular complexity index is 422. The van der Waals surface area contributed by atoms with Gasteiger partial charge >= 0.3 is 0 Å². The average molecular weight is 239 g/mol. The first kappa shape index (κ1) is 11.6. The van der Waals surface area contributed by atoms with Gasteiger partial charge in [0.05, 0.1) is 11.8 Å². The van der Waals surface area contributed by atoms with Crippen molar-refractivity contribution in [3.8, 4) is 0 Å². The third kappa shape index (κ3) is 2.42. The number of nitrogens with zero attached hydrogens (tertiary/aromatic N) is 2. The number of methoxy groups -OCH3 is 1. The molecule has 0 saturated heterocycles.